The number of phenols is 4. The third-order valence-corrected chi connectivity index (χ3v) is 10.2. The molecule has 4 fully saturated rings. The predicted molar refractivity (Wildman–Crippen MR) is 170 cm³/mol. The smallest absolute Gasteiger partial charge is 0.119 e. The summed E-state index contributed by atoms with van der Waals surface area (Å²) in [6.07, 6.45) is 2.41. The molecular formula is C38H38O8. The molecule has 4 aliphatic heterocycles. The van der Waals surface area contributed by atoms with Gasteiger partial charge in [0.1, 0.15) is 23.0 Å². The third kappa shape index (κ3) is 5.39. The van der Waals surface area contributed by atoms with Crippen LogP contribution in [0.2, 0.25) is 0 Å². The van der Waals surface area contributed by atoms with Crippen molar-refractivity contribution in [2.75, 3.05) is 26.4 Å². The number of aromatic hydroxyl groups is 4. The molecule has 4 aromatic carbocycles. The first-order valence-corrected chi connectivity index (χ1v) is 16.0. The fraction of sp³-hybridized carbons (Fsp3) is 0.368. The summed E-state index contributed by atoms with van der Waals surface area (Å²) < 4.78 is 23.6. The first-order valence-electron chi connectivity index (χ1n) is 16.0. The zero-order valence-corrected chi connectivity index (χ0v) is 25.5. The second-order valence-electron chi connectivity index (χ2n) is 13.2. The van der Waals surface area contributed by atoms with Crippen LogP contribution in [0.25, 0.3) is 0 Å². The van der Waals surface area contributed by atoms with E-state index in [0.717, 1.165) is 33.4 Å². The summed E-state index contributed by atoms with van der Waals surface area (Å²) >= 11 is 0. The predicted octanol–water partition coefficient (Wildman–Crippen LogP) is 5.24. The molecule has 238 valence electrons. The number of benzene rings is 4. The maximum atomic E-state index is 11.4. The molecule has 5 atom stereocenters. The van der Waals surface area contributed by atoms with E-state index >= 15 is 0 Å². The number of hydrogen-bond donors (Lipinski definition) is 4. The molecule has 4 heterocycles. The van der Waals surface area contributed by atoms with Gasteiger partial charge in [-0.15, -0.1) is 0 Å². The van der Waals surface area contributed by atoms with Crippen LogP contribution >= 0.6 is 0 Å². The van der Waals surface area contributed by atoms with Crippen LogP contribution in [0.5, 0.6) is 23.0 Å². The van der Waals surface area contributed by atoms with Gasteiger partial charge in [0, 0.05) is 29.2 Å². The molecule has 5 unspecified atom stereocenters. The molecule has 4 aromatic rings. The summed E-state index contributed by atoms with van der Waals surface area (Å²) in [5.74, 6) is 0.724. The van der Waals surface area contributed by atoms with E-state index in [-0.39, 0.29) is 47.4 Å². The van der Waals surface area contributed by atoms with Crippen LogP contribution in [0, 0.1) is 0 Å². The Kier molecular flexibility index (Phi) is 7.21. The largest absolute Gasteiger partial charge is 0.508 e. The Labute approximate surface area is 267 Å². The number of epoxide rings is 4. The highest BCUT2D eigenvalue weighted by Gasteiger charge is 2.60. The van der Waals surface area contributed by atoms with Crippen molar-refractivity contribution in [2.24, 2.45) is 0 Å². The lowest BCUT2D eigenvalue weighted by Gasteiger charge is -2.54. The quantitative estimate of drug-likeness (QED) is 0.149. The first kappa shape index (κ1) is 29.3. The number of phenolic OH excluding ortho intramolecular Hbond substituents is 4. The minimum absolute atomic E-state index is 0.0362. The lowest BCUT2D eigenvalue weighted by atomic mass is 9.48. The van der Waals surface area contributed by atoms with Crippen molar-refractivity contribution in [3.63, 3.8) is 0 Å². The van der Waals surface area contributed by atoms with Gasteiger partial charge in [0.25, 0.3) is 0 Å². The third-order valence-electron chi connectivity index (χ3n) is 10.2. The van der Waals surface area contributed by atoms with Crippen molar-refractivity contribution < 1.29 is 39.4 Å². The maximum Gasteiger partial charge on any atom is 0.119 e. The van der Waals surface area contributed by atoms with Gasteiger partial charge in [-0.05, 0) is 83.1 Å². The fourth-order valence-corrected chi connectivity index (χ4v) is 7.76. The van der Waals surface area contributed by atoms with E-state index in [9.17, 15) is 20.4 Å². The number of hydrogen-bond acceptors (Lipinski definition) is 8. The van der Waals surface area contributed by atoms with Crippen LogP contribution in [-0.2, 0) is 42.6 Å². The normalized spacial score (nSPS) is 24.3. The first-order chi connectivity index (χ1) is 22.4. The van der Waals surface area contributed by atoms with Gasteiger partial charge >= 0.3 is 0 Å². The van der Waals surface area contributed by atoms with E-state index in [4.69, 9.17) is 18.9 Å². The topological polar surface area (TPSA) is 131 Å². The van der Waals surface area contributed by atoms with Crippen molar-refractivity contribution in [1.29, 1.82) is 0 Å². The highest BCUT2D eigenvalue weighted by Crippen LogP contribution is 2.61. The molecule has 4 aliphatic rings. The SMILES string of the molecule is Oc1ccc(C(CC2CO2)(c2ccc(O)cc2)C(CC2CO2)(c2ccc(O)cc2)c2ccc(O)c(CC3CO3)c2CC2CO2)cc1. The Hall–Kier alpha value is -4.08. The van der Waals surface area contributed by atoms with Crippen molar-refractivity contribution in [3.8, 4) is 23.0 Å². The van der Waals surface area contributed by atoms with Gasteiger partial charge in [0.2, 0.25) is 0 Å². The van der Waals surface area contributed by atoms with Gasteiger partial charge in [-0.1, -0.05) is 42.5 Å². The molecule has 0 aliphatic carbocycles. The molecule has 4 saturated heterocycles. The van der Waals surface area contributed by atoms with Crippen LogP contribution < -0.4 is 0 Å². The highest BCUT2D eigenvalue weighted by molar-refractivity contribution is 5.61. The summed E-state index contributed by atoms with van der Waals surface area (Å²) in [7, 11) is 0. The summed E-state index contributed by atoms with van der Waals surface area (Å²) in [4.78, 5) is 0. The lowest BCUT2D eigenvalue weighted by molar-refractivity contribution is 0.218. The van der Waals surface area contributed by atoms with E-state index in [1.807, 2.05) is 36.4 Å². The van der Waals surface area contributed by atoms with Gasteiger partial charge in [-0.25, -0.2) is 0 Å². The van der Waals surface area contributed by atoms with Crippen LogP contribution in [-0.4, -0.2) is 71.3 Å². The van der Waals surface area contributed by atoms with Gasteiger partial charge < -0.3 is 39.4 Å². The minimum atomic E-state index is -0.848. The van der Waals surface area contributed by atoms with Crippen molar-refractivity contribution >= 4 is 0 Å². The van der Waals surface area contributed by atoms with Crippen LogP contribution in [0.15, 0.2) is 84.9 Å². The van der Waals surface area contributed by atoms with Gasteiger partial charge in [0.15, 0.2) is 0 Å². The summed E-state index contributed by atoms with van der Waals surface area (Å²) in [5.41, 5.74) is 4.16. The molecule has 0 saturated carbocycles. The highest BCUT2D eigenvalue weighted by atomic mass is 16.6. The average Bonchev–Trinajstić information content (AvgIpc) is 3.85. The molecule has 0 spiro atoms. The number of ether oxygens (including phenoxy) is 4. The van der Waals surface area contributed by atoms with Crippen LogP contribution in [0.1, 0.15) is 46.2 Å². The van der Waals surface area contributed by atoms with Gasteiger partial charge in [-0.2, -0.15) is 0 Å². The van der Waals surface area contributed by atoms with Crippen molar-refractivity contribution in [2.45, 2.75) is 60.9 Å². The minimum Gasteiger partial charge on any atom is -0.508 e. The second-order valence-corrected chi connectivity index (χ2v) is 13.2. The molecule has 4 N–H and O–H groups in total. The van der Waals surface area contributed by atoms with Gasteiger partial charge in [0.05, 0.1) is 50.8 Å². The lowest BCUT2D eigenvalue weighted by Crippen LogP contribution is -2.53. The molecule has 8 heteroatoms. The molecule has 46 heavy (non-hydrogen) atoms. The summed E-state index contributed by atoms with van der Waals surface area (Å²) in [6.45, 7) is 2.55. The van der Waals surface area contributed by atoms with Crippen molar-refractivity contribution in [3.05, 3.63) is 118 Å². The van der Waals surface area contributed by atoms with E-state index in [2.05, 4.69) is 6.07 Å². The maximum absolute atomic E-state index is 11.4. The Morgan fingerprint density at radius 2 is 0.826 bits per heavy atom. The molecule has 0 radical (unpaired) electrons. The summed E-state index contributed by atoms with van der Waals surface area (Å²) in [5, 5.41) is 43.0. The van der Waals surface area contributed by atoms with E-state index in [1.54, 1.807) is 42.5 Å². The molecule has 8 rings (SSSR count). The molecule has 0 bridgehead atoms. The van der Waals surface area contributed by atoms with E-state index < -0.39 is 10.8 Å². The molecule has 0 aromatic heterocycles. The Bertz CT molecular complexity index is 1660. The standard InChI is InChI=1S/C38H38O8/c39-26-7-1-23(2-8-26)37(17-31-21-45-31,24-3-9-27(40)10-4-24)38(18-32-22-46-32,25-5-11-28(41)12-6-25)35-13-14-36(42)34(16-30-20-44-30)33(35)15-29-19-43-29/h1-14,29-32,39-42H,15-22H2. The molecule has 0 amide bonds. The zero-order chi connectivity index (χ0) is 31.5. The van der Waals surface area contributed by atoms with Crippen LogP contribution in [0.4, 0.5) is 0 Å². The second kappa shape index (κ2) is 11.3. The Balaban J connectivity index is 1.51. The molecular weight excluding hydrogens is 584 g/mol. The Morgan fingerprint density at radius 3 is 1.24 bits per heavy atom. The number of rotatable bonds is 13. The molecule has 8 nitrogen and oxygen atoms in total. The van der Waals surface area contributed by atoms with Crippen LogP contribution in [0.3, 0.4) is 0 Å². The average molecular weight is 623 g/mol. The van der Waals surface area contributed by atoms with Gasteiger partial charge in [-0.3, -0.25) is 0 Å². The summed E-state index contributed by atoms with van der Waals surface area (Å²) in [6, 6.07) is 26.1. The monoisotopic (exact) mass is 622 g/mol. The zero-order valence-electron chi connectivity index (χ0n) is 25.5. The Morgan fingerprint density at radius 1 is 0.457 bits per heavy atom. The van der Waals surface area contributed by atoms with E-state index in [1.165, 1.54) is 0 Å². The van der Waals surface area contributed by atoms with Crippen molar-refractivity contribution in [1.82, 2.24) is 0 Å². The van der Waals surface area contributed by atoms with E-state index in [0.29, 0.717) is 52.1 Å². The fourth-order valence-electron chi connectivity index (χ4n) is 7.76.